The normalized spacial score (nSPS) is 11.1. The minimum absolute atomic E-state index is 0.0623. The number of fused-ring (bicyclic) bond motifs is 1. The molecule has 0 aliphatic heterocycles. The standard InChI is InChI=1S/C23H27N3O3/c1-3-8-23(27)24-14-7-13-22-25-20-11-4-5-12-21(20)26(22)15-16-29-19-10-6-9-18(17-19)28-2/h3-6,8-12,17H,7,13-16H2,1-2H3,(H,24,27)/b8-3-. The summed E-state index contributed by atoms with van der Waals surface area (Å²) in [5.41, 5.74) is 2.07. The summed E-state index contributed by atoms with van der Waals surface area (Å²) in [4.78, 5) is 16.3. The zero-order valence-electron chi connectivity index (χ0n) is 16.9. The summed E-state index contributed by atoms with van der Waals surface area (Å²) < 4.78 is 13.4. The van der Waals surface area contributed by atoms with Crippen LogP contribution in [0.3, 0.4) is 0 Å². The minimum atomic E-state index is -0.0623. The fourth-order valence-corrected chi connectivity index (χ4v) is 3.18. The van der Waals surface area contributed by atoms with E-state index in [4.69, 9.17) is 14.5 Å². The van der Waals surface area contributed by atoms with Crippen LogP contribution in [0.15, 0.2) is 60.7 Å². The molecule has 0 fully saturated rings. The van der Waals surface area contributed by atoms with Gasteiger partial charge >= 0.3 is 0 Å². The fraction of sp³-hybridized carbons (Fsp3) is 0.304. The highest BCUT2D eigenvalue weighted by molar-refractivity contribution is 5.87. The topological polar surface area (TPSA) is 65.4 Å². The first-order valence-corrected chi connectivity index (χ1v) is 9.83. The molecule has 0 unspecified atom stereocenters. The maximum Gasteiger partial charge on any atom is 0.243 e. The third kappa shape index (κ3) is 5.60. The first-order valence-electron chi connectivity index (χ1n) is 9.83. The summed E-state index contributed by atoms with van der Waals surface area (Å²) in [6, 6.07) is 15.7. The van der Waals surface area contributed by atoms with Crippen molar-refractivity contribution >= 4 is 16.9 Å². The number of aryl methyl sites for hydroxylation is 1. The Morgan fingerprint density at radius 3 is 2.83 bits per heavy atom. The summed E-state index contributed by atoms with van der Waals surface area (Å²) >= 11 is 0. The SMILES string of the molecule is C/C=C\C(=O)NCCCc1nc2ccccc2n1CCOc1cccc(OC)c1. The van der Waals surface area contributed by atoms with Crippen molar-refractivity contribution in [3.05, 3.63) is 66.5 Å². The van der Waals surface area contributed by atoms with Gasteiger partial charge < -0.3 is 19.4 Å². The van der Waals surface area contributed by atoms with Crippen molar-refractivity contribution < 1.29 is 14.3 Å². The van der Waals surface area contributed by atoms with Crippen molar-refractivity contribution in [2.75, 3.05) is 20.3 Å². The molecular formula is C23H27N3O3. The number of hydrogen-bond acceptors (Lipinski definition) is 4. The van der Waals surface area contributed by atoms with Gasteiger partial charge in [-0.15, -0.1) is 0 Å². The van der Waals surface area contributed by atoms with Gasteiger partial charge in [-0.2, -0.15) is 0 Å². The number of nitrogens with zero attached hydrogens (tertiary/aromatic N) is 2. The third-order valence-corrected chi connectivity index (χ3v) is 4.55. The lowest BCUT2D eigenvalue weighted by Gasteiger charge is -2.11. The number of amides is 1. The predicted molar refractivity (Wildman–Crippen MR) is 114 cm³/mol. The first kappa shape index (κ1) is 20.5. The molecule has 6 heteroatoms. The highest BCUT2D eigenvalue weighted by atomic mass is 16.5. The molecule has 29 heavy (non-hydrogen) atoms. The van der Waals surface area contributed by atoms with E-state index >= 15 is 0 Å². The number of para-hydroxylation sites is 2. The number of benzene rings is 2. The Balaban J connectivity index is 1.64. The molecule has 6 nitrogen and oxygen atoms in total. The van der Waals surface area contributed by atoms with Gasteiger partial charge in [0, 0.05) is 19.0 Å². The molecule has 3 rings (SSSR count). The van der Waals surface area contributed by atoms with Gasteiger partial charge in [0.1, 0.15) is 23.9 Å². The molecule has 2 aromatic carbocycles. The smallest absolute Gasteiger partial charge is 0.243 e. The average Bonchev–Trinajstić information content (AvgIpc) is 3.09. The van der Waals surface area contributed by atoms with E-state index in [9.17, 15) is 4.79 Å². The lowest BCUT2D eigenvalue weighted by molar-refractivity contribution is -0.116. The largest absolute Gasteiger partial charge is 0.497 e. The number of carbonyl (C=O) groups excluding carboxylic acids is 1. The van der Waals surface area contributed by atoms with Crippen LogP contribution in [0.1, 0.15) is 19.2 Å². The molecule has 0 aliphatic rings. The molecule has 152 valence electrons. The number of nitrogens with one attached hydrogen (secondary N) is 1. The molecule has 1 amide bonds. The summed E-state index contributed by atoms with van der Waals surface area (Å²) in [6.07, 6.45) is 4.87. The number of rotatable bonds is 10. The molecule has 0 radical (unpaired) electrons. The van der Waals surface area contributed by atoms with Crippen molar-refractivity contribution in [3.63, 3.8) is 0 Å². The number of imidazole rings is 1. The Morgan fingerprint density at radius 2 is 2.00 bits per heavy atom. The van der Waals surface area contributed by atoms with E-state index in [1.165, 1.54) is 6.08 Å². The summed E-state index contributed by atoms with van der Waals surface area (Å²) in [5.74, 6) is 2.49. The number of hydrogen-bond donors (Lipinski definition) is 1. The number of carbonyl (C=O) groups is 1. The molecule has 0 spiro atoms. The predicted octanol–water partition coefficient (Wildman–Crippen LogP) is 3.75. The molecule has 0 saturated heterocycles. The van der Waals surface area contributed by atoms with Gasteiger partial charge in [-0.3, -0.25) is 4.79 Å². The van der Waals surface area contributed by atoms with Gasteiger partial charge in [0.2, 0.25) is 5.91 Å². The van der Waals surface area contributed by atoms with Crippen molar-refractivity contribution in [2.24, 2.45) is 0 Å². The van der Waals surface area contributed by atoms with E-state index in [0.717, 1.165) is 41.2 Å². The Hall–Kier alpha value is -3.28. The Morgan fingerprint density at radius 1 is 1.17 bits per heavy atom. The Labute approximate surface area is 171 Å². The molecular weight excluding hydrogens is 366 g/mol. The van der Waals surface area contributed by atoms with Crippen LogP contribution in [-0.4, -0.2) is 35.7 Å². The minimum Gasteiger partial charge on any atom is -0.497 e. The second kappa shape index (κ2) is 10.3. The summed E-state index contributed by atoms with van der Waals surface area (Å²) in [7, 11) is 1.64. The second-order valence-corrected chi connectivity index (χ2v) is 6.59. The van der Waals surface area contributed by atoms with E-state index in [1.54, 1.807) is 13.2 Å². The molecule has 0 aliphatic carbocycles. The number of aromatic nitrogens is 2. The second-order valence-electron chi connectivity index (χ2n) is 6.59. The highest BCUT2D eigenvalue weighted by Gasteiger charge is 2.10. The summed E-state index contributed by atoms with van der Waals surface area (Å²) in [6.45, 7) is 3.67. The highest BCUT2D eigenvalue weighted by Crippen LogP contribution is 2.20. The molecule has 0 saturated carbocycles. The van der Waals surface area contributed by atoms with Crippen LogP contribution in [-0.2, 0) is 17.8 Å². The van der Waals surface area contributed by atoms with E-state index in [0.29, 0.717) is 19.7 Å². The van der Waals surface area contributed by atoms with E-state index in [-0.39, 0.29) is 5.91 Å². The van der Waals surface area contributed by atoms with Crippen LogP contribution in [0.5, 0.6) is 11.5 Å². The van der Waals surface area contributed by atoms with Crippen molar-refractivity contribution in [2.45, 2.75) is 26.3 Å². The van der Waals surface area contributed by atoms with Crippen LogP contribution < -0.4 is 14.8 Å². The van der Waals surface area contributed by atoms with Crippen LogP contribution >= 0.6 is 0 Å². The number of ether oxygens (including phenoxy) is 2. The van der Waals surface area contributed by atoms with Gasteiger partial charge in [0.15, 0.2) is 0 Å². The lowest BCUT2D eigenvalue weighted by atomic mass is 10.3. The fourth-order valence-electron chi connectivity index (χ4n) is 3.18. The number of allylic oxidation sites excluding steroid dienone is 1. The van der Waals surface area contributed by atoms with Crippen LogP contribution in [0.25, 0.3) is 11.0 Å². The maximum atomic E-state index is 11.5. The van der Waals surface area contributed by atoms with Crippen LogP contribution in [0.2, 0.25) is 0 Å². The lowest BCUT2D eigenvalue weighted by Crippen LogP contribution is -2.23. The zero-order chi connectivity index (χ0) is 20.5. The van der Waals surface area contributed by atoms with Crippen LogP contribution in [0.4, 0.5) is 0 Å². The average molecular weight is 393 g/mol. The summed E-state index contributed by atoms with van der Waals surface area (Å²) in [5, 5.41) is 2.88. The van der Waals surface area contributed by atoms with Gasteiger partial charge in [-0.05, 0) is 43.7 Å². The molecule has 1 aromatic heterocycles. The number of methoxy groups -OCH3 is 1. The van der Waals surface area contributed by atoms with Gasteiger partial charge in [-0.1, -0.05) is 24.3 Å². The van der Waals surface area contributed by atoms with Crippen molar-refractivity contribution in [1.82, 2.24) is 14.9 Å². The molecule has 0 bridgehead atoms. The van der Waals surface area contributed by atoms with Crippen LogP contribution in [0, 0.1) is 0 Å². The van der Waals surface area contributed by atoms with Gasteiger partial charge in [0.25, 0.3) is 0 Å². The molecule has 0 atom stereocenters. The van der Waals surface area contributed by atoms with Gasteiger partial charge in [-0.25, -0.2) is 4.98 Å². The molecule has 3 aromatic rings. The van der Waals surface area contributed by atoms with Gasteiger partial charge in [0.05, 0.1) is 24.7 Å². The Kier molecular flexibility index (Phi) is 7.28. The quantitative estimate of drug-likeness (QED) is 0.421. The Bertz CT molecular complexity index is 978. The maximum absolute atomic E-state index is 11.5. The monoisotopic (exact) mass is 393 g/mol. The molecule has 1 heterocycles. The first-order chi connectivity index (χ1) is 14.2. The van der Waals surface area contributed by atoms with E-state index in [2.05, 4.69) is 16.0 Å². The third-order valence-electron chi connectivity index (χ3n) is 4.55. The van der Waals surface area contributed by atoms with Crippen molar-refractivity contribution in [1.29, 1.82) is 0 Å². The zero-order valence-corrected chi connectivity index (χ0v) is 16.9. The van der Waals surface area contributed by atoms with E-state index in [1.807, 2.05) is 49.4 Å². The van der Waals surface area contributed by atoms with E-state index < -0.39 is 0 Å². The van der Waals surface area contributed by atoms with Crippen molar-refractivity contribution in [3.8, 4) is 11.5 Å². The molecule has 1 N–H and O–H groups in total.